The fourth-order valence-electron chi connectivity index (χ4n) is 1.87. The van der Waals surface area contributed by atoms with Crippen LogP contribution in [-0.2, 0) is 11.2 Å². The van der Waals surface area contributed by atoms with E-state index in [4.69, 9.17) is 9.52 Å². The molecule has 0 saturated heterocycles. The molecule has 3 aromatic rings. The van der Waals surface area contributed by atoms with Gasteiger partial charge in [0.1, 0.15) is 5.52 Å². The highest BCUT2D eigenvalue weighted by atomic mass is 16.4. The van der Waals surface area contributed by atoms with E-state index in [1.165, 1.54) is 0 Å². The van der Waals surface area contributed by atoms with Gasteiger partial charge in [-0.3, -0.25) is 9.78 Å². The SMILES string of the molecule is O=C(O)Cc1ccc2nc(-c3cccnc3)oc2c1. The third-order valence-corrected chi connectivity index (χ3v) is 2.72. The fraction of sp³-hybridized carbons (Fsp3) is 0.0714. The Hall–Kier alpha value is -2.69. The van der Waals surface area contributed by atoms with Gasteiger partial charge in [0.05, 0.1) is 12.0 Å². The lowest BCUT2D eigenvalue weighted by atomic mass is 10.1. The van der Waals surface area contributed by atoms with E-state index in [-0.39, 0.29) is 6.42 Å². The van der Waals surface area contributed by atoms with Crippen LogP contribution in [0.15, 0.2) is 47.1 Å². The molecule has 1 N–H and O–H groups in total. The zero-order chi connectivity index (χ0) is 13.2. The number of fused-ring (bicyclic) bond motifs is 1. The predicted octanol–water partition coefficient (Wildman–Crippen LogP) is 2.52. The number of rotatable bonds is 3. The van der Waals surface area contributed by atoms with E-state index in [2.05, 4.69) is 9.97 Å². The van der Waals surface area contributed by atoms with Crippen molar-refractivity contribution in [3.8, 4) is 11.5 Å². The summed E-state index contributed by atoms with van der Waals surface area (Å²) in [5.41, 5.74) is 2.76. The molecular formula is C14H10N2O3. The summed E-state index contributed by atoms with van der Waals surface area (Å²) in [4.78, 5) is 19.0. The van der Waals surface area contributed by atoms with Crippen molar-refractivity contribution >= 4 is 17.1 Å². The van der Waals surface area contributed by atoms with E-state index < -0.39 is 5.97 Å². The first-order chi connectivity index (χ1) is 9.22. The topological polar surface area (TPSA) is 76.2 Å². The summed E-state index contributed by atoms with van der Waals surface area (Å²) in [6.45, 7) is 0. The minimum atomic E-state index is -0.869. The van der Waals surface area contributed by atoms with Gasteiger partial charge in [-0.05, 0) is 29.8 Å². The minimum absolute atomic E-state index is 0.0289. The summed E-state index contributed by atoms with van der Waals surface area (Å²) < 4.78 is 5.63. The van der Waals surface area contributed by atoms with Crippen LogP contribution >= 0.6 is 0 Å². The number of carboxylic acids is 1. The van der Waals surface area contributed by atoms with E-state index in [1.807, 2.05) is 6.07 Å². The summed E-state index contributed by atoms with van der Waals surface area (Å²) >= 11 is 0. The molecule has 2 aromatic heterocycles. The molecule has 0 aliphatic rings. The van der Waals surface area contributed by atoms with Crippen molar-refractivity contribution in [3.63, 3.8) is 0 Å². The number of pyridine rings is 1. The first-order valence-corrected chi connectivity index (χ1v) is 5.74. The van der Waals surface area contributed by atoms with Crippen molar-refractivity contribution in [2.45, 2.75) is 6.42 Å². The molecule has 0 aliphatic carbocycles. The Kier molecular flexibility index (Phi) is 2.72. The normalized spacial score (nSPS) is 10.7. The Morgan fingerprint density at radius 3 is 2.95 bits per heavy atom. The van der Waals surface area contributed by atoms with Crippen LogP contribution in [0.4, 0.5) is 0 Å². The van der Waals surface area contributed by atoms with E-state index in [9.17, 15) is 4.79 Å². The van der Waals surface area contributed by atoms with Gasteiger partial charge in [-0.1, -0.05) is 6.07 Å². The third kappa shape index (κ3) is 2.30. The molecule has 0 saturated carbocycles. The van der Waals surface area contributed by atoms with E-state index >= 15 is 0 Å². The van der Waals surface area contributed by atoms with Gasteiger partial charge in [0, 0.05) is 12.4 Å². The number of aromatic nitrogens is 2. The van der Waals surface area contributed by atoms with Crippen LogP contribution in [0.3, 0.4) is 0 Å². The molecule has 2 heterocycles. The molecule has 3 rings (SSSR count). The number of hydrogen-bond donors (Lipinski definition) is 1. The van der Waals surface area contributed by atoms with Crippen molar-refractivity contribution < 1.29 is 14.3 Å². The standard InChI is InChI=1S/C14H10N2O3/c17-13(18)7-9-3-4-11-12(6-9)19-14(16-11)10-2-1-5-15-8-10/h1-6,8H,7H2,(H,17,18). The van der Waals surface area contributed by atoms with Gasteiger partial charge >= 0.3 is 5.97 Å². The highest BCUT2D eigenvalue weighted by Gasteiger charge is 2.09. The number of aliphatic carboxylic acids is 1. The molecule has 19 heavy (non-hydrogen) atoms. The molecule has 0 atom stereocenters. The Morgan fingerprint density at radius 1 is 1.32 bits per heavy atom. The molecule has 0 fully saturated rings. The first-order valence-electron chi connectivity index (χ1n) is 5.74. The second-order valence-electron chi connectivity index (χ2n) is 4.13. The van der Waals surface area contributed by atoms with Crippen molar-refractivity contribution in [2.24, 2.45) is 0 Å². The van der Waals surface area contributed by atoms with E-state index in [1.54, 1.807) is 36.7 Å². The van der Waals surface area contributed by atoms with Crippen molar-refractivity contribution in [1.29, 1.82) is 0 Å². The largest absolute Gasteiger partial charge is 0.481 e. The summed E-state index contributed by atoms with van der Waals surface area (Å²) in [6.07, 6.45) is 3.32. The zero-order valence-electron chi connectivity index (χ0n) is 9.91. The fourth-order valence-corrected chi connectivity index (χ4v) is 1.87. The van der Waals surface area contributed by atoms with Gasteiger partial charge in [0.15, 0.2) is 5.58 Å². The Labute approximate surface area is 108 Å². The van der Waals surface area contributed by atoms with Gasteiger partial charge in [-0.25, -0.2) is 4.98 Å². The zero-order valence-corrected chi connectivity index (χ0v) is 9.91. The predicted molar refractivity (Wildman–Crippen MR) is 68.6 cm³/mol. The number of carbonyl (C=O) groups is 1. The van der Waals surface area contributed by atoms with Gasteiger partial charge < -0.3 is 9.52 Å². The van der Waals surface area contributed by atoms with Crippen molar-refractivity contribution in [3.05, 3.63) is 48.3 Å². The van der Waals surface area contributed by atoms with E-state index in [0.717, 1.165) is 5.56 Å². The molecule has 0 spiro atoms. The second-order valence-corrected chi connectivity index (χ2v) is 4.13. The number of benzene rings is 1. The Bertz CT molecular complexity index is 735. The summed E-state index contributed by atoms with van der Waals surface area (Å²) in [7, 11) is 0. The number of nitrogens with zero attached hydrogens (tertiary/aromatic N) is 2. The van der Waals surface area contributed by atoms with Gasteiger partial charge in [-0.15, -0.1) is 0 Å². The maximum atomic E-state index is 10.7. The highest BCUT2D eigenvalue weighted by Crippen LogP contribution is 2.24. The smallest absolute Gasteiger partial charge is 0.307 e. The van der Waals surface area contributed by atoms with Gasteiger partial charge in [-0.2, -0.15) is 0 Å². The first kappa shape index (κ1) is 11.4. The Morgan fingerprint density at radius 2 is 2.21 bits per heavy atom. The second kappa shape index (κ2) is 4.53. The molecule has 0 bridgehead atoms. The molecule has 0 radical (unpaired) electrons. The maximum Gasteiger partial charge on any atom is 0.307 e. The molecular weight excluding hydrogens is 244 g/mol. The van der Waals surface area contributed by atoms with Crippen LogP contribution in [0.2, 0.25) is 0 Å². The van der Waals surface area contributed by atoms with Crippen LogP contribution in [0.25, 0.3) is 22.6 Å². The van der Waals surface area contributed by atoms with E-state index in [0.29, 0.717) is 22.6 Å². The quantitative estimate of drug-likeness (QED) is 0.777. The van der Waals surface area contributed by atoms with Gasteiger partial charge in [0.2, 0.25) is 5.89 Å². The number of hydrogen-bond acceptors (Lipinski definition) is 4. The molecule has 0 amide bonds. The summed E-state index contributed by atoms with van der Waals surface area (Å²) in [6, 6.07) is 8.87. The van der Waals surface area contributed by atoms with Crippen LogP contribution in [-0.4, -0.2) is 21.0 Å². The molecule has 5 nitrogen and oxygen atoms in total. The lowest BCUT2D eigenvalue weighted by Crippen LogP contribution is -1.99. The number of carboxylic acid groups (broad SMARTS) is 1. The third-order valence-electron chi connectivity index (χ3n) is 2.72. The lowest BCUT2D eigenvalue weighted by Gasteiger charge is -1.94. The molecule has 1 aromatic carbocycles. The summed E-state index contributed by atoms with van der Waals surface area (Å²) in [5, 5.41) is 8.77. The molecule has 0 unspecified atom stereocenters. The number of oxazole rings is 1. The monoisotopic (exact) mass is 254 g/mol. The summed E-state index contributed by atoms with van der Waals surface area (Å²) in [5.74, 6) is -0.387. The van der Waals surface area contributed by atoms with Gasteiger partial charge in [0.25, 0.3) is 0 Å². The lowest BCUT2D eigenvalue weighted by molar-refractivity contribution is -0.136. The molecule has 5 heteroatoms. The highest BCUT2D eigenvalue weighted by molar-refractivity contribution is 5.78. The van der Waals surface area contributed by atoms with Crippen LogP contribution in [0.5, 0.6) is 0 Å². The van der Waals surface area contributed by atoms with Crippen LogP contribution in [0, 0.1) is 0 Å². The molecule has 0 aliphatic heterocycles. The maximum absolute atomic E-state index is 10.7. The van der Waals surface area contributed by atoms with Crippen LogP contribution in [0.1, 0.15) is 5.56 Å². The minimum Gasteiger partial charge on any atom is -0.481 e. The van der Waals surface area contributed by atoms with Crippen molar-refractivity contribution in [2.75, 3.05) is 0 Å². The van der Waals surface area contributed by atoms with Crippen molar-refractivity contribution in [1.82, 2.24) is 9.97 Å². The Balaban J connectivity index is 2.04. The average Bonchev–Trinajstić information content (AvgIpc) is 2.82. The average molecular weight is 254 g/mol. The van der Waals surface area contributed by atoms with Crippen LogP contribution < -0.4 is 0 Å². The molecule has 94 valence electrons.